The monoisotopic (exact) mass is 172 g/mol. The molecule has 0 aromatic carbocycles. The number of rotatable bonds is 2. The molecule has 0 aliphatic carbocycles. The molecule has 0 bridgehead atoms. The van der Waals surface area contributed by atoms with E-state index < -0.39 is 6.23 Å². The Hall–Kier alpha value is -0.610. The van der Waals surface area contributed by atoms with E-state index in [0.29, 0.717) is 6.42 Å². The average Bonchev–Trinajstić information content (AvgIpc) is 2.16. The molecule has 0 aromatic rings. The van der Waals surface area contributed by atoms with Crippen LogP contribution in [0.2, 0.25) is 0 Å². The van der Waals surface area contributed by atoms with Gasteiger partial charge in [-0.15, -0.1) is 0 Å². The van der Waals surface area contributed by atoms with Gasteiger partial charge in [-0.25, -0.2) is 0 Å². The fraction of sp³-hybridized carbons (Fsp3) is 0.875. The number of carbonyl (C=O) groups excluding carboxylic acids is 1. The molecule has 0 spiro atoms. The second-order valence-corrected chi connectivity index (χ2v) is 3.29. The lowest BCUT2D eigenvalue weighted by atomic mass is 9.98. The summed E-state index contributed by atoms with van der Waals surface area (Å²) in [7, 11) is 0. The van der Waals surface area contributed by atoms with Crippen LogP contribution in [0.3, 0.4) is 0 Å². The molecule has 1 aliphatic heterocycles. The van der Waals surface area contributed by atoms with Crippen molar-refractivity contribution in [2.45, 2.75) is 31.9 Å². The summed E-state index contributed by atoms with van der Waals surface area (Å²) in [4.78, 5) is 11.3. The van der Waals surface area contributed by atoms with Crippen molar-refractivity contribution >= 4 is 5.91 Å². The van der Waals surface area contributed by atoms with E-state index in [-0.39, 0.29) is 11.8 Å². The first kappa shape index (κ1) is 9.48. The van der Waals surface area contributed by atoms with Gasteiger partial charge in [-0.05, 0) is 19.3 Å². The van der Waals surface area contributed by atoms with E-state index in [2.05, 4.69) is 5.32 Å². The first-order valence-corrected chi connectivity index (χ1v) is 4.41. The lowest BCUT2D eigenvalue weighted by Gasteiger charge is -2.13. The first-order chi connectivity index (χ1) is 5.70. The van der Waals surface area contributed by atoms with Gasteiger partial charge in [-0.1, -0.05) is 6.42 Å². The quantitative estimate of drug-likeness (QED) is 0.495. The minimum Gasteiger partial charge on any atom is -0.379 e. The maximum absolute atomic E-state index is 11.3. The summed E-state index contributed by atoms with van der Waals surface area (Å²) in [5.74, 6) is -0.0514. The molecule has 4 N–H and O–H groups in total. The molecule has 12 heavy (non-hydrogen) atoms. The maximum atomic E-state index is 11.3. The number of hydrogen-bond acceptors (Lipinski definition) is 3. The SMILES string of the molecule is NC(O)C[C@@H]1CCCCNC1=O. The number of aliphatic hydroxyl groups is 1. The minimum atomic E-state index is -0.862. The van der Waals surface area contributed by atoms with Crippen LogP contribution < -0.4 is 11.1 Å². The minimum absolute atomic E-state index is 0.0389. The summed E-state index contributed by atoms with van der Waals surface area (Å²) in [5.41, 5.74) is 5.21. The van der Waals surface area contributed by atoms with Crippen LogP contribution in [-0.4, -0.2) is 23.8 Å². The van der Waals surface area contributed by atoms with Gasteiger partial charge in [0.05, 0.1) is 0 Å². The second kappa shape index (κ2) is 4.42. The van der Waals surface area contributed by atoms with Crippen molar-refractivity contribution in [1.82, 2.24) is 5.32 Å². The third kappa shape index (κ3) is 2.79. The van der Waals surface area contributed by atoms with E-state index in [9.17, 15) is 4.79 Å². The van der Waals surface area contributed by atoms with E-state index in [1.54, 1.807) is 0 Å². The molecule has 0 radical (unpaired) electrons. The Kier molecular flexibility index (Phi) is 3.49. The van der Waals surface area contributed by atoms with Gasteiger partial charge in [-0.2, -0.15) is 0 Å². The van der Waals surface area contributed by atoms with Crippen molar-refractivity contribution in [2.24, 2.45) is 11.7 Å². The molecule has 2 atom stereocenters. The Bertz CT molecular complexity index is 159. The summed E-state index contributed by atoms with van der Waals surface area (Å²) in [6.45, 7) is 0.760. The topological polar surface area (TPSA) is 75.3 Å². The maximum Gasteiger partial charge on any atom is 0.223 e. The predicted molar refractivity (Wildman–Crippen MR) is 45.2 cm³/mol. The first-order valence-electron chi connectivity index (χ1n) is 4.41. The summed E-state index contributed by atoms with van der Waals surface area (Å²) >= 11 is 0. The highest BCUT2D eigenvalue weighted by Crippen LogP contribution is 2.16. The molecule has 1 aliphatic rings. The molecule has 1 fully saturated rings. The number of amides is 1. The largest absolute Gasteiger partial charge is 0.379 e. The zero-order valence-electron chi connectivity index (χ0n) is 7.12. The fourth-order valence-electron chi connectivity index (χ4n) is 1.52. The molecule has 1 saturated heterocycles. The van der Waals surface area contributed by atoms with Gasteiger partial charge in [0.1, 0.15) is 6.23 Å². The van der Waals surface area contributed by atoms with Crippen LogP contribution in [0.4, 0.5) is 0 Å². The Labute approximate surface area is 72.1 Å². The van der Waals surface area contributed by atoms with Crippen LogP contribution in [0.25, 0.3) is 0 Å². The number of carbonyl (C=O) groups is 1. The predicted octanol–water partition coefficient (Wildman–Crippen LogP) is -0.430. The van der Waals surface area contributed by atoms with Crippen LogP contribution in [0.1, 0.15) is 25.7 Å². The zero-order valence-corrected chi connectivity index (χ0v) is 7.12. The van der Waals surface area contributed by atoms with E-state index in [1.165, 1.54) is 0 Å². The van der Waals surface area contributed by atoms with E-state index in [0.717, 1.165) is 25.8 Å². The number of nitrogens with one attached hydrogen (secondary N) is 1. The molecule has 4 nitrogen and oxygen atoms in total. The molecular weight excluding hydrogens is 156 g/mol. The van der Waals surface area contributed by atoms with Gasteiger partial charge in [0, 0.05) is 12.5 Å². The Morgan fingerprint density at radius 3 is 3.08 bits per heavy atom. The van der Waals surface area contributed by atoms with Crippen LogP contribution in [0, 0.1) is 5.92 Å². The Balaban J connectivity index is 2.42. The van der Waals surface area contributed by atoms with Crippen LogP contribution in [0.5, 0.6) is 0 Å². The molecule has 1 rings (SSSR count). The third-order valence-corrected chi connectivity index (χ3v) is 2.18. The lowest BCUT2D eigenvalue weighted by Crippen LogP contribution is -2.33. The number of hydrogen-bond donors (Lipinski definition) is 3. The molecule has 0 aromatic heterocycles. The Morgan fingerprint density at radius 1 is 1.67 bits per heavy atom. The van der Waals surface area contributed by atoms with Gasteiger partial charge in [0.2, 0.25) is 5.91 Å². The molecule has 1 heterocycles. The molecular formula is C8H16N2O2. The van der Waals surface area contributed by atoms with Gasteiger partial charge in [-0.3, -0.25) is 4.79 Å². The third-order valence-electron chi connectivity index (χ3n) is 2.18. The normalized spacial score (nSPS) is 27.5. The molecule has 1 unspecified atom stereocenters. The van der Waals surface area contributed by atoms with E-state index in [1.807, 2.05) is 0 Å². The van der Waals surface area contributed by atoms with Crippen molar-refractivity contribution in [3.05, 3.63) is 0 Å². The van der Waals surface area contributed by atoms with Crippen LogP contribution in [0.15, 0.2) is 0 Å². The summed E-state index contributed by atoms with van der Waals surface area (Å²) in [6.07, 6.45) is 2.43. The number of nitrogens with two attached hydrogens (primary N) is 1. The highest BCUT2D eigenvalue weighted by atomic mass is 16.3. The molecule has 1 amide bonds. The number of aliphatic hydroxyl groups excluding tert-OH is 1. The molecule has 4 heteroatoms. The average molecular weight is 172 g/mol. The van der Waals surface area contributed by atoms with Crippen molar-refractivity contribution in [3.63, 3.8) is 0 Å². The highest BCUT2D eigenvalue weighted by molar-refractivity contribution is 5.78. The van der Waals surface area contributed by atoms with Crippen LogP contribution >= 0.6 is 0 Å². The summed E-state index contributed by atoms with van der Waals surface area (Å²) in [5, 5.41) is 11.7. The van der Waals surface area contributed by atoms with E-state index in [4.69, 9.17) is 10.8 Å². The van der Waals surface area contributed by atoms with Crippen molar-refractivity contribution < 1.29 is 9.90 Å². The lowest BCUT2D eigenvalue weighted by molar-refractivity contribution is -0.125. The van der Waals surface area contributed by atoms with Crippen molar-refractivity contribution in [1.29, 1.82) is 0 Å². The smallest absolute Gasteiger partial charge is 0.223 e. The van der Waals surface area contributed by atoms with Crippen molar-refractivity contribution in [2.75, 3.05) is 6.54 Å². The molecule has 0 saturated carbocycles. The van der Waals surface area contributed by atoms with Gasteiger partial charge >= 0.3 is 0 Å². The Morgan fingerprint density at radius 2 is 2.42 bits per heavy atom. The van der Waals surface area contributed by atoms with Crippen LogP contribution in [-0.2, 0) is 4.79 Å². The zero-order chi connectivity index (χ0) is 8.97. The van der Waals surface area contributed by atoms with E-state index >= 15 is 0 Å². The standard InChI is InChI=1S/C8H16N2O2/c9-7(11)5-6-3-1-2-4-10-8(6)12/h6-7,11H,1-5,9H2,(H,10,12)/t6-,7?/m0/s1. The van der Waals surface area contributed by atoms with Gasteiger partial charge in [0.15, 0.2) is 0 Å². The molecule has 70 valence electrons. The summed E-state index contributed by atoms with van der Waals surface area (Å²) < 4.78 is 0. The second-order valence-electron chi connectivity index (χ2n) is 3.29. The fourth-order valence-corrected chi connectivity index (χ4v) is 1.52. The van der Waals surface area contributed by atoms with Gasteiger partial charge < -0.3 is 16.2 Å². The van der Waals surface area contributed by atoms with Gasteiger partial charge in [0.25, 0.3) is 0 Å². The highest BCUT2D eigenvalue weighted by Gasteiger charge is 2.21. The van der Waals surface area contributed by atoms with Crippen molar-refractivity contribution in [3.8, 4) is 0 Å². The summed E-state index contributed by atoms with van der Waals surface area (Å²) in [6, 6.07) is 0.